The first kappa shape index (κ1) is 14.2. The lowest BCUT2D eigenvalue weighted by Crippen LogP contribution is -2.35. The van der Waals surface area contributed by atoms with Crippen LogP contribution in [0.4, 0.5) is 0 Å². The third-order valence-corrected chi connectivity index (χ3v) is 3.20. The molecule has 0 aromatic heterocycles. The van der Waals surface area contributed by atoms with Crippen LogP contribution in [0.3, 0.4) is 0 Å². The Morgan fingerprint density at radius 3 is 2.65 bits per heavy atom. The molecule has 104 valence electrons. The van der Waals surface area contributed by atoms with Crippen molar-refractivity contribution in [3.05, 3.63) is 48.1 Å². The van der Waals surface area contributed by atoms with E-state index in [-0.39, 0.29) is 18.0 Å². The number of aliphatic hydroxyl groups excluding tert-OH is 1. The number of allylic oxidation sites excluding steroid dienone is 2. The average molecular weight is 272 g/mol. The van der Waals surface area contributed by atoms with Gasteiger partial charge in [-0.3, -0.25) is 9.59 Å². The minimum absolute atomic E-state index is 0.198. The van der Waals surface area contributed by atoms with Gasteiger partial charge in [0.1, 0.15) is 17.5 Å². The number of methoxy groups -OCH3 is 1. The molecular weight excluding hydrogens is 256 g/mol. The highest BCUT2D eigenvalue weighted by molar-refractivity contribution is 6.10. The summed E-state index contributed by atoms with van der Waals surface area (Å²) in [7, 11) is 1.58. The molecule has 2 unspecified atom stereocenters. The van der Waals surface area contributed by atoms with Gasteiger partial charge in [0.2, 0.25) is 0 Å². The van der Waals surface area contributed by atoms with Crippen molar-refractivity contribution in [2.75, 3.05) is 7.11 Å². The van der Waals surface area contributed by atoms with Crippen LogP contribution in [-0.4, -0.2) is 29.9 Å². The van der Waals surface area contributed by atoms with Gasteiger partial charge in [-0.15, -0.1) is 0 Å². The number of ether oxygens (including phenoxy) is 1. The van der Waals surface area contributed by atoms with Gasteiger partial charge in [0, 0.05) is 6.42 Å². The molecule has 0 saturated carbocycles. The molecule has 0 amide bonds. The maximum atomic E-state index is 12.0. The van der Waals surface area contributed by atoms with Crippen LogP contribution in [0.1, 0.15) is 12.0 Å². The van der Waals surface area contributed by atoms with E-state index in [1.54, 1.807) is 31.4 Å². The number of hydrogen-bond donors (Lipinski definition) is 1. The molecule has 2 atom stereocenters. The summed E-state index contributed by atoms with van der Waals surface area (Å²) in [6, 6.07) is 7.18. The quantitative estimate of drug-likeness (QED) is 0.515. The molecule has 4 nitrogen and oxygen atoms in total. The molecule has 0 saturated heterocycles. The SMILES string of the molecule is COc1ccc(C=CC(=O)C2C(=O)CC=CC2O)cc1. The lowest BCUT2D eigenvalue weighted by atomic mass is 9.86. The Hall–Kier alpha value is -2.20. The summed E-state index contributed by atoms with van der Waals surface area (Å²) >= 11 is 0. The zero-order valence-corrected chi connectivity index (χ0v) is 11.2. The van der Waals surface area contributed by atoms with Crippen molar-refractivity contribution in [3.63, 3.8) is 0 Å². The minimum atomic E-state index is -1.02. The van der Waals surface area contributed by atoms with Gasteiger partial charge in [0.05, 0.1) is 13.2 Å². The van der Waals surface area contributed by atoms with E-state index in [1.165, 1.54) is 12.2 Å². The maximum Gasteiger partial charge on any atom is 0.169 e. The normalized spacial score (nSPS) is 22.2. The van der Waals surface area contributed by atoms with Gasteiger partial charge in [-0.05, 0) is 23.8 Å². The van der Waals surface area contributed by atoms with Crippen LogP contribution in [0.25, 0.3) is 6.08 Å². The summed E-state index contributed by atoms with van der Waals surface area (Å²) < 4.78 is 5.04. The molecule has 1 aromatic rings. The van der Waals surface area contributed by atoms with E-state index in [1.807, 2.05) is 12.1 Å². The third kappa shape index (κ3) is 3.22. The van der Waals surface area contributed by atoms with Gasteiger partial charge in [0.25, 0.3) is 0 Å². The van der Waals surface area contributed by atoms with Crippen molar-refractivity contribution in [3.8, 4) is 5.75 Å². The molecule has 4 heteroatoms. The summed E-state index contributed by atoms with van der Waals surface area (Å²) in [4.78, 5) is 23.6. The van der Waals surface area contributed by atoms with Crippen LogP contribution in [-0.2, 0) is 9.59 Å². The Bertz CT molecular complexity index is 554. The Kier molecular flexibility index (Phi) is 4.48. The van der Waals surface area contributed by atoms with Crippen molar-refractivity contribution >= 4 is 17.6 Å². The molecule has 2 rings (SSSR count). The highest BCUT2D eigenvalue weighted by Gasteiger charge is 2.32. The molecule has 1 N–H and O–H groups in total. The van der Waals surface area contributed by atoms with E-state index < -0.39 is 12.0 Å². The summed E-state index contributed by atoms with van der Waals surface area (Å²) in [5, 5.41) is 9.70. The van der Waals surface area contributed by atoms with Crippen LogP contribution >= 0.6 is 0 Å². The van der Waals surface area contributed by atoms with Crippen molar-refractivity contribution in [2.24, 2.45) is 5.92 Å². The first-order chi connectivity index (χ1) is 9.61. The molecule has 20 heavy (non-hydrogen) atoms. The van der Waals surface area contributed by atoms with Gasteiger partial charge in [-0.1, -0.05) is 30.4 Å². The first-order valence-corrected chi connectivity index (χ1v) is 6.35. The van der Waals surface area contributed by atoms with Gasteiger partial charge < -0.3 is 9.84 Å². The standard InChI is InChI=1S/C16H16O4/c1-20-12-8-5-11(6-9-12)7-10-15(19)16-13(17)3-2-4-14(16)18/h2-3,5-10,13,16-17H,4H2,1H3. The maximum absolute atomic E-state index is 12.0. The first-order valence-electron chi connectivity index (χ1n) is 6.35. The van der Waals surface area contributed by atoms with E-state index in [2.05, 4.69) is 0 Å². The fourth-order valence-electron chi connectivity index (χ4n) is 2.08. The van der Waals surface area contributed by atoms with Gasteiger partial charge in [-0.2, -0.15) is 0 Å². The second kappa shape index (κ2) is 6.30. The lowest BCUT2D eigenvalue weighted by molar-refractivity contribution is -0.133. The molecule has 0 spiro atoms. The lowest BCUT2D eigenvalue weighted by Gasteiger charge is -2.19. The van der Waals surface area contributed by atoms with E-state index in [0.29, 0.717) is 0 Å². The van der Waals surface area contributed by atoms with Gasteiger partial charge in [0.15, 0.2) is 5.78 Å². The predicted molar refractivity (Wildman–Crippen MR) is 75.3 cm³/mol. The highest BCUT2D eigenvalue weighted by atomic mass is 16.5. The third-order valence-electron chi connectivity index (χ3n) is 3.20. The molecule has 0 bridgehead atoms. The van der Waals surface area contributed by atoms with Crippen LogP contribution < -0.4 is 4.74 Å². The molecule has 0 radical (unpaired) electrons. The molecule has 0 fully saturated rings. The second-order valence-electron chi connectivity index (χ2n) is 4.58. The van der Waals surface area contributed by atoms with Crippen LogP contribution in [0.2, 0.25) is 0 Å². The van der Waals surface area contributed by atoms with Crippen molar-refractivity contribution < 1.29 is 19.4 Å². The highest BCUT2D eigenvalue weighted by Crippen LogP contribution is 2.18. The van der Waals surface area contributed by atoms with Crippen molar-refractivity contribution in [1.29, 1.82) is 0 Å². The second-order valence-corrected chi connectivity index (χ2v) is 4.58. The Balaban J connectivity index is 2.08. The fourth-order valence-corrected chi connectivity index (χ4v) is 2.08. The van der Waals surface area contributed by atoms with E-state index >= 15 is 0 Å². The zero-order chi connectivity index (χ0) is 14.5. The predicted octanol–water partition coefficient (Wildman–Crippen LogP) is 1.78. The summed E-state index contributed by atoms with van der Waals surface area (Å²) in [6.45, 7) is 0. The fraction of sp³-hybridized carbons (Fsp3) is 0.250. The molecule has 0 heterocycles. The molecule has 1 aromatic carbocycles. The Morgan fingerprint density at radius 2 is 2.05 bits per heavy atom. The van der Waals surface area contributed by atoms with Crippen LogP contribution in [0.5, 0.6) is 5.75 Å². The topological polar surface area (TPSA) is 63.6 Å². The summed E-state index contributed by atoms with van der Waals surface area (Å²) in [6.07, 6.45) is 5.22. The van der Waals surface area contributed by atoms with Gasteiger partial charge in [-0.25, -0.2) is 0 Å². The number of carbonyl (C=O) groups excluding carboxylic acids is 2. The Morgan fingerprint density at radius 1 is 1.35 bits per heavy atom. The molecule has 1 aliphatic carbocycles. The van der Waals surface area contributed by atoms with E-state index in [4.69, 9.17) is 4.74 Å². The van der Waals surface area contributed by atoms with Crippen LogP contribution in [0, 0.1) is 5.92 Å². The molecule has 1 aliphatic rings. The number of aliphatic hydroxyl groups is 1. The number of benzene rings is 1. The van der Waals surface area contributed by atoms with E-state index in [9.17, 15) is 14.7 Å². The summed E-state index contributed by atoms with van der Waals surface area (Å²) in [5.41, 5.74) is 0.826. The summed E-state index contributed by atoms with van der Waals surface area (Å²) in [5.74, 6) is -0.863. The molecular formula is C16H16O4. The van der Waals surface area contributed by atoms with Crippen LogP contribution in [0.15, 0.2) is 42.5 Å². The molecule has 0 aliphatic heterocycles. The number of hydrogen-bond acceptors (Lipinski definition) is 4. The zero-order valence-electron chi connectivity index (χ0n) is 11.2. The number of rotatable bonds is 4. The monoisotopic (exact) mass is 272 g/mol. The number of carbonyl (C=O) groups is 2. The number of ketones is 2. The van der Waals surface area contributed by atoms with E-state index in [0.717, 1.165) is 11.3 Å². The minimum Gasteiger partial charge on any atom is -0.497 e. The van der Waals surface area contributed by atoms with Crippen molar-refractivity contribution in [1.82, 2.24) is 0 Å². The smallest absolute Gasteiger partial charge is 0.169 e. The Labute approximate surface area is 117 Å². The largest absolute Gasteiger partial charge is 0.497 e. The van der Waals surface area contributed by atoms with Crippen molar-refractivity contribution in [2.45, 2.75) is 12.5 Å². The number of Topliss-reactive ketones (excluding diaryl/α,β-unsaturated/α-hetero) is 1. The van der Waals surface area contributed by atoms with Gasteiger partial charge >= 0.3 is 0 Å². The average Bonchev–Trinajstić information content (AvgIpc) is 2.45.